The predicted molar refractivity (Wildman–Crippen MR) is 102 cm³/mol. The van der Waals surface area contributed by atoms with Crippen LogP contribution < -0.4 is 14.8 Å². The Hall–Kier alpha value is -2.71. The Labute approximate surface area is 179 Å². The van der Waals surface area contributed by atoms with E-state index in [0.29, 0.717) is 0 Å². The van der Waals surface area contributed by atoms with Gasteiger partial charge in [0, 0.05) is 18.3 Å². The quantitative estimate of drug-likeness (QED) is 0.229. The number of aromatic nitrogens is 2. The van der Waals surface area contributed by atoms with Crippen molar-refractivity contribution in [3.05, 3.63) is 35.9 Å². The fourth-order valence-electron chi connectivity index (χ4n) is 4.06. The molecule has 1 fully saturated rings. The van der Waals surface area contributed by atoms with Crippen LogP contribution in [0.3, 0.4) is 0 Å². The van der Waals surface area contributed by atoms with Gasteiger partial charge in [-0.25, -0.2) is 9.55 Å². The zero-order chi connectivity index (χ0) is 23.2. The van der Waals surface area contributed by atoms with Crippen molar-refractivity contribution in [3.63, 3.8) is 0 Å². The number of aliphatic hydroxyl groups is 3. The number of amides is 1. The lowest BCUT2D eigenvalue weighted by atomic mass is 9.70. The first-order valence-corrected chi connectivity index (χ1v) is 10.8. The van der Waals surface area contributed by atoms with Crippen molar-refractivity contribution in [3.8, 4) is 17.2 Å². The topological polar surface area (TPSA) is 224 Å². The summed E-state index contributed by atoms with van der Waals surface area (Å²) < 4.78 is 26.1. The number of carbonyl (C=O) groups excluding carboxylic acids is 1. The monoisotopic (exact) mass is 473 g/mol. The second-order valence-corrected chi connectivity index (χ2v) is 8.43. The van der Waals surface area contributed by atoms with Crippen molar-refractivity contribution in [1.29, 1.82) is 0 Å². The lowest BCUT2D eigenvalue weighted by Gasteiger charge is -2.48. The number of hydrogen-bond donors (Lipinski definition) is 8. The number of aromatic hydroxyl groups is 1. The number of aliphatic hydroxyl groups excluding tert-OH is 3. The Morgan fingerprint density at radius 1 is 1.16 bits per heavy atom. The summed E-state index contributed by atoms with van der Waals surface area (Å²) in [6.07, 6.45) is -2.00. The summed E-state index contributed by atoms with van der Waals surface area (Å²) in [5, 5.41) is 43.5. The van der Waals surface area contributed by atoms with E-state index in [1.54, 1.807) is 18.7 Å². The van der Waals surface area contributed by atoms with Gasteiger partial charge in [0.2, 0.25) is 12.5 Å². The van der Waals surface area contributed by atoms with E-state index >= 15 is 0 Å². The van der Waals surface area contributed by atoms with Gasteiger partial charge in [-0.1, -0.05) is 0 Å². The minimum absolute atomic E-state index is 0.0586. The SMILES string of the molecule is O=C1N[C@H]2[C@H](OP(=O)(O)O)[C@H](O)[C@@H](O)[C@H](O)[C@@H]2c2cc3c(c(O)c21)OCO3.c1c[nH]cn1. The lowest BCUT2D eigenvalue weighted by molar-refractivity contribution is -0.152. The third-order valence-electron chi connectivity index (χ3n) is 5.36. The molecule has 0 spiro atoms. The van der Waals surface area contributed by atoms with Crippen molar-refractivity contribution in [1.82, 2.24) is 15.3 Å². The fraction of sp³-hybridized carbons (Fsp3) is 0.412. The molecule has 0 radical (unpaired) electrons. The number of phenolic OH excluding ortho intramolecular Hbond substituents is 1. The highest BCUT2D eigenvalue weighted by atomic mass is 31.2. The number of fused-ring (bicyclic) bond motifs is 4. The van der Waals surface area contributed by atoms with Gasteiger partial charge in [-0.15, -0.1) is 0 Å². The van der Waals surface area contributed by atoms with E-state index in [2.05, 4.69) is 19.8 Å². The van der Waals surface area contributed by atoms with Gasteiger partial charge < -0.3 is 50.0 Å². The maximum absolute atomic E-state index is 12.5. The molecule has 0 bridgehead atoms. The van der Waals surface area contributed by atoms with E-state index in [0.717, 1.165) is 0 Å². The summed E-state index contributed by atoms with van der Waals surface area (Å²) in [6, 6.07) is 0.0292. The molecule has 14 nitrogen and oxygen atoms in total. The molecule has 1 aromatic carbocycles. The van der Waals surface area contributed by atoms with Gasteiger partial charge in [0.25, 0.3) is 5.91 Å². The smallest absolute Gasteiger partial charge is 0.470 e. The van der Waals surface area contributed by atoms with Gasteiger partial charge >= 0.3 is 7.82 Å². The number of aromatic amines is 1. The molecular formula is C17H20N3O11P. The summed E-state index contributed by atoms with van der Waals surface area (Å²) in [6.45, 7) is -0.199. The summed E-state index contributed by atoms with van der Waals surface area (Å²) in [4.78, 5) is 37.2. The van der Waals surface area contributed by atoms with Crippen LogP contribution in [0.1, 0.15) is 21.8 Å². The average molecular weight is 473 g/mol. The number of benzene rings is 1. The molecule has 2 aliphatic heterocycles. The number of H-pyrrole nitrogens is 1. The molecule has 2 aromatic rings. The van der Waals surface area contributed by atoms with Crippen LogP contribution in [-0.4, -0.2) is 83.3 Å². The van der Waals surface area contributed by atoms with Gasteiger partial charge in [0.1, 0.15) is 18.3 Å². The van der Waals surface area contributed by atoms with Crippen LogP contribution in [0.5, 0.6) is 17.2 Å². The molecule has 15 heteroatoms. The Morgan fingerprint density at radius 2 is 1.91 bits per heavy atom. The lowest BCUT2D eigenvalue weighted by Crippen LogP contribution is -2.66. The summed E-state index contributed by atoms with van der Waals surface area (Å²) in [5.41, 5.74) is -0.179. The number of carbonyl (C=O) groups is 1. The highest BCUT2D eigenvalue weighted by Crippen LogP contribution is 2.51. The molecular weight excluding hydrogens is 453 g/mol. The van der Waals surface area contributed by atoms with Crippen molar-refractivity contribution in [2.24, 2.45) is 0 Å². The minimum atomic E-state index is -5.11. The Morgan fingerprint density at radius 3 is 2.50 bits per heavy atom. The van der Waals surface area contributed by atoms with Crippen molar-refractivity contribution >= 4 is 13.7 Å². The molecule has 3 aliphatic rings. The van der Waals surface area contributed by atoms with E-state index in [-0.39, 0.29) is 29.4 Å². The van der Waals surface area contributed by atoms with Crippen LogP contribution in [0, 0.1) is 0 Å². The zero-order valence-electron chi connectivity index (χ0n) is 16.1. The van der Waals surface area contributed by atoms with E-state index < -0.39 is 55.9 Å². The number of nitrogens with one attached hydrogen (secondary N) is 2. The largest absolute Gasteiger partial charge is 0.504 e. The van der Waals surface area contributed by atoms with Crippen molar-refractivity contribution in [2.45, 2.75) is 36.4 Å². The highest BCUT2D eigenvalue weighted by molar-refractivity contribution is 7.46. The van der Waals surface area contributed by atoms with Crippen LogP contribution >= 0.6 is 7.82 Å². The number of rotatable bonds is 2. The Kier molecular flexibility index (Phi) is 5.85. The van der Waals surface area contributed by atoms with E-state index in [9.17, 15) is 29.8 Å². The number of nitrogens with zero attached hydrogens (tertiary/aromatic N) is 1. The molecule has 1 aliphatic carbocycles. The summed E-state index contributed by atoms with van der Waals surface area (Å²) >= 11 is 0. The van der Waals surface area contributed by atoms with E-state index in [1.807, 2.05) is 0 Å². The number of phenols is 1. The third-order valence-corrected chi connectivity index (χ3v) is 5.88. The Balaban J connectivity index is 0.000000433. The van der Waals surface area contributed by atoms with Gasteiger partial charge in [0.05, 0.1) is 24.0 Å². The van der Waals surface area contributed by atoms with Crippen LogP contribution in [0.2, 0.25) is 0 Å². The number of imidazole rings is 1. The standard InChI is InChI=1S/C14H16NO11P.C3H4N2/c16-8-5-3-1-4-12(25-2-24-4)9(17)6(3)14(20)15-7(5)13(11(19)10(8)18)26-27(21,22)23;1-2-5-3-4-1/h1,5,7-8,10-11,13,16-19H,2H2,(H,15,20)(H2,21,22,23);1-3H,(H,4,5)/t5-,7-,8-,10+,11-,13+;/m1./s1. The minimum Gasteiger partial charge on any atom is -0.504 e. The molecule has 1 amide bonds. The Bertz CT molecular complexity index is 1030. The molecule has 3 heterocycles. The van der Waals surface area contributed by atoms with Crippen molar-refractivity contribution < 1.29 is 53.6 Å². The third kappa shape index (κ3) is 3.93. The van der Waals surface area contributed by atoms with Crippen LogP contribution in [0.25, 0.3) is 0 Å². The van der Waals surface area contributed by atoms with Crippen LogP contribution in [0.15, 0.2) is 24.8 Å². The average Bonchev–Trinajstić information content (AvgIpc) is 3.43. The molecule has 1 saturated carbocycles. The molecule has 6 atom stereocenters. The second kappa shape index (κ2) is 8.33. The first-order valence-electron chi connectivity index (χ1n) is 9.27. The zero-order valence-corrected chi connectivity index (χ0v) is 17.0. The van der Waals surface area contributed by atoms with Gasteiger partial charge in [-0.3, -0.25) is 9.32 Å². The molecule has 0 unspecified atom stereocenters. The summed E-state index contributed by atoms with van der Waals surface area (Å²) in [5.74, 6) is -2.49. The first-order chi connectivity index (χ1) is 15.1. The molecule has 174 valence electrons. The van der Waals surface area contributed by atoms with Gasteiger partial charge in [-0.05, 0) is 11.6 Å². The number of hydrogen-bond acceptors (Lipinski definition) is 10. The highest BCUT2D eigenvalue weighted by Gasteiger charge is 2.56. The fourth-order valence-corrected chi connectivity index (χ4v) is 4.63. The van der Waals surface area contributed by atoms with Crippen LogP contribution in [0.4, 0.5) is 0 Å². The molecule has 1 aromatic heterocycles. The summed E-state index contributed by atoms with van der Waals surface area (Å²) in [7, 11) is -5.11. The second-order valence-electron chi connectivity index (χ2n) is 7.24. The van der Waals surface area contributed by atoms with E-state index in [4.69, 9.17) is 19.3 Å². The molecule has 8 N–H and O–H groups in total. The molecule has 32 heavy (non-hydrogen) atoms. The normalized spacial score (nSPS) is 30.5. The maximum atomic E-state index is 12.5. The van der Waals surface area contributed by atoms with Crippen LogP contribution in [-0.2, 0) is 9.09 Å². The van der Waals surface area contributed by atoms with Gasteiger partial charge in [-0.2, -0.15) is 0 Å². The van der Waals surface area contributed by atoms with Crippen molar-refractivity contribution in [2.75, 3.05) is 6.79 Å². The predicted octanol–water partition coefficient (Wildman–Crippen LogP) is -1.70. The maximum Gasteiger partial charge on any atom is 0.470 e. The molecule has 0 saturated heterocycles. The first kappa shape index (κ1) is 22.5. The molecule has 5 rings (SSSR count). The van der Waals surface area contributed by atoms with E-state index in [1.165, 1.54) is 6.07 Å². The number of ether oxygens (including phenoxy) is 2. The number of phosphoric acid groups is 1. The van der Waals surface area contributed by atoms with Gasteiger partial charge in [0.15, 0.2) is 11.5 Å². The number of phosphoric ester groups is 1.